The highest BCUT2D eigenvalue weighted by molar-refractivity contribution is 5.85. The highest BCUT2D eigenvalue weighted by atomic mass is 16.5. The summed E-state index contributed by atoms with van der Waals surface area (Å²) in [5, 5.41) is 17.3. The Hall–Kier alpha value is -3.36. The lowest BCUT2D eigenvalue weighted by atomic mass is 9.76. The maximum absolute atomic E-state index is 12.8. The van der Waals surface area contributed by atoms with Crippen molar-refractivity contribution >= 4 is 22.7 Å². The van der Waals surface area contributed by atoms with E-state index in [-0.39, 0.29) is 5.56 Å². The third kappa shape index (κ3) is 3.64. The third-order valence-corrected chi connectivity index (χ3v) is 5.78. The molecule has 1 saturated carbocycles. The van der Waals surface area contributed by atoms with Gasteiger partial charge < -0.3 is 20.1 Å². The second-order valence-corrected chi connectivity index (χ2v) is 7.94. The van der Waals surface area contributed by atoms with Crippen molar-refractivity contribution < 1.29 is 14.6 Å². The molecule has 0 atom stereocenters. The van der Waals surface area contributed by atoms with Gasteiger partial charge in [-0.3, -0.25) is 9.48 Å². The van der Waals surface area contributed by atoms with Crippen LogP contribution in [0, 0.1) is 0 Å². The monoisotopic (exact) mass is 425 g/mol. The zero-order valence-corrected chi connectivity index (χ0v) is 18.0. The lowest BCUT2D eigenvalue weighted by molar-refractivity contribution is -0.145. The van der Waals surface area contributed by atoms with Crippen LogP contribution in [0.4, 0.5) is 5.69 Å². The summed E-state index contributed by atoms with van der Waals surface area (Å²) in [6.07, 6.45) is 3.62. The van der Waals surface area contributed by atoms with E-state index in [9.17, 15) is 14.7 Å². The van der Waals surface area contributed by atoms with Crippen LogP contribution in [-0.4, -0.2) is 43.0 Å². The topological polar surface area (TPSA) is 122 Å². The highest BCUT2D eigenvalue weighted by Gasteiger charge is 2.44. The Labute approximate surface area is 179 Å². The van der Waals surface area contributed by atoms with Crippen molar-refractivity contribution in [3.8, 4) is 17.1 Å². The number of hydrogen-bond donors (Lipinski definition) is 3. The summed E-state index contributed by atoms with van der Waals surface area (Å²) in [4.78, 5) is 32.2. The molecule has 0 bridgehead atoms. The van der Waals surface area contributed by atoms with Crippen molar-refractivity contribution in [2.45, 2.75) is 51.5 Å². The summed E-state index contributed by atoms with van der Waals surface area (Å²) in [6.45, 7) is 4.37. The molecule has 1 aromatic carbocycles. The van der Waals surface area contributed by atoms with Crippen LogP contribution in [0.1, 0.15) is 45.2 Å². The van der Waals surface area contributed by atoms with Crippen molar-refractivity contribution in [3.05, 3.63) is 34.2 Å². The quantitative estimate of drug-likeness (QED) is 0.507. The predicted molar refractivity (Wildman–Crippen MR) is 118 cm³/mol. The van der Waals surface area contributed by atoms with Crippen LogP contribution >= 0.6 is 0 Å². The maximum atomic E-state index is 12.8. The van der Waals surface area contributed by atoms with Crippen LogP contribution in [0.5, 0.6) is 5.75 Å². The Morgan fingerprint density at radius 3 is 2.74 bits per heavy atom. The van der Waals surface area contributed by atoms with E-state index in [0.29, 0.717) is 59.7 Å². The Bertz CT molecular complexity index is 1190. The van der Waals surface area contributed by atoms with Crippen molar-refractivity contribution in [3.63, 3.8) is 0 Å². The van der Waals surface area contributed by atoms with Gasteiger partial charge in [-0.25, -0.2) is 9.78 Å². The largest absolute Gasteiger partial charge is 0.493 e. The second kappa shape index (κ2) is 8.05. The molecular weight excluding hydrogens is 398 g/mol. The van der Waals surface area contributed by atoms with Crippen LogP contribution < -0.4 is 15.6 Å². The number of hydrogen-bond acceptors (Lipinski definition) is 6. The molecule has 0 spiro atoms. The Morgan fingerprint density at radius 2 is 2.13 bits per heavy atom. The number of fused-ring (bicyclic) bond motifs is 1. The van der Waals surface area contributed by atoms with Gasteiger partial charge in [0.2, 0.25) is 0 Å². The van der Waals surface area contributed by atoms with Gasteiger partial charge >= 0.3 is 5.97 Å². The summed E-state index contributed by atoms with van der Waals surface area (Å²) < 4.78 is 7.33. The van der Waals surface area contributed by atoms with Crippen molar-refractivity contribution in [2.24, 2.45) is 7.05 Å². The maximum Gasteiger partial charge on any atom is 0.329 e. The van der Waals surface area contributed by atoms with Gasteiger partial charge in [-0.05, 0) is 50.8 Å². The number of anilines is 1. The van der Waals surface area contributed by atoms with Gasteiger partial charge in [0.05, 0.1) is 17.9 Å². The van der Waals surface area contributed by atoms with Gasteiger partial charge in [0.25, 0.3) is 5.56 Å². The summed E-state index contributed by atoms with van der Waals surface area (Å²) in [5.41, 5.74) is 1.79. The van der Waals surface area contributed by atoms with E-state index in [2.05, 4.69) is 22.3 Å². The molecule has 1 aliphatic rings. The van der Waals surface area contributed by atoms with E-state index in [1.165, 1.54) is 0 Å². The lowest BCUT2D eigenvalue weighted by Gasteiger charge is -2.39. The van der Waals surface area contributed by atoms with Crippen LogP contribution in [-0.2, 0) is 18.3 Å². The minimum atomic E-state index is -0.952. The molecule has 31 heavy (non-hydrogen) atoms. The first kappa shape index (κ1) is 20.9. The average Bonchev–Trinajstić information content (AvgIpc) is 3.01. The van der Waals surface area contributed by atoms with Gasteiger partial charge in [0.15, 0.2) is 5.52 Å². The molecule has 0 amide bonds. The van der Waals surface area contributed by atoms with E-state index in [0.717, 1.165) is 18.5 Å². The number of H-pyrrole nitrogens is 1. The predicted octanol–water partition coefficient (Wildman–Crippen LogP) is 3.09. The number of carbonyl (C=O) groups is 1. The molecule has 2 aromatic heterocycles. The standard InChI is InChI=1S/C22H27N5O4/c1-4-7-15-17-18(27(3)26-15)20(28)24-19(23-17)14-12-13(8-9-16(14)31-5-2)25-22(21(29)30)10-6-11-22/h8-9,12,25H,4-7,10-11H2,1-3H3,(H,29,30)(H,23,24,28). The zero-order chi connectivity index (χ0) is 22.2. The van der Waals surface area contributed by atoms with Gasteiger partial charge in [-0.2, -0.15) is 5.10 Å². The molecule has 1 aliphatic carbocycles. The molecule has 164 valence electrons. The number of aromatic amines is 1. The Balaban J connectivity index is 1.84. The summed E-state index contributed by atoms with van der Waals surface area (Å²) in [7, 11) is 1.73. The van der Waals surface area contributed by atoms with Crippen LogP contribution in [0.3, 0.4) is 0 Å². The molecule has 9 nitrogen and oxygen atoms in total. The van der Waals surface area contributed by atoms with Gasteiger partial charge in [-0.1, -0.05) is 13.3 Å². The first-order chi connectivity index (χ1) is 14.9. The molecule has 9 heteroatoms. The number of aliphatic carboxylic acids is 1. The first-order valence-corrected chi connectivity index (χ1v) is 10.6. The summed E-state index contributed by atoms with van der Waals surface area (Å²) in [5.74, 6) is 0.0732. The molecule has 0 unspecified atom stereocenters. The molecule has 0 radical (unpaired) electrons. The van der Waals surface area contributed by atoms with Crippen molar-refractivity contribution in [2.75, 3.05) is 11.9 Å². The number of nitrogens with one attached hydrogen (secondary N) is 2. The SMILES string of the molecule is CCCc1nn(C)c2c(=O)[nH]c(-c3cc(NC4(C(=O)O)CCC4)ccc3OCC)nc12. The molecule has 1 fully saturated rings. The smallest absolute Gasteiger partial charge is 0.329 e. The van der Waals surface area contributed by atoms with Crippen LogP contribution in [0.25, 0.3) is 22.4 Å². The van der Waals surface area contributed by atoms with E-state index >= 15 is 0 Å². The van der Waals surface area contributed by atoms with E-state index in [1.54, 1.807) is 29.9 Å². The number of aromatic nitrogens is 4. The molecule has 3 N–H and O–H groups in total. The summed E-state index contributed by atoms with van der Waals surface area (Å²) in [6, 6.07) is 5.35. The number of carboxylic acids is 1. The average molecular weight is 425 g/mol. The fourth-order valence-corrected chi connectivity index (χ4v) is 4.05. The van der Waals surface area contributed by atoms with E-state index in [4.69, 9.17) is 9.72 Å². The second-order valence-electron chi connectivity index (χ2n) is 7.94. The van der Waals surface area contributed by atoms with Gasteiger partial charge in [-0.15, -0.1) is 0 Å². The highest BCUT2D eigenvalue weighted by Crippen LogP contribution is 2.38. The van der Waals surface area contributed by atoms with E-state index in [1.807, 2.05) is 6.92 Å². The van der Waals surface area contributed by atoms with E-state index < -0.39 is 11.5 Å². The Morgan fingerprint density at radius 1 is 1.35 bits per heavy atom. The Kier molecular flexibility index (Phi) is 5.43. The molecule has 4 rings (SSSR count). The normalized spacial score (nSPS) is 14.9. The van der Waals surface area contributed by atoms with Gasteiger partial charge in [0.1, 0.15) is 22.6 Å². The first-order valence-electron chi connectivity index (χ1n) is 10.6. The number of nitrogens with zero attached hydrogens (tertiary/aromatic N) is 3. The van der Waals surface area contributed by atoms with Crippen molar-refractivity contribution in [1.82, 2.24) is 19.7 Å². The number of ether oxygens (including phenoxy) is 1. The molecule has 0 aliphatic heterocycles. The number of carboxylic acid groups (broad SMARTS) is 1. The minimum absolute atomic E-state index is 0.279. The number of benzene rings is 1. The molecule has 2 heterocycles. The van der Waals surface area contributed by atoms with Crippen LogP contribution in [0.2, 0.25) is 0 Å². The summed E-state index contributed by atoms with van der Waals surface area (Å²) >= 11 is 0. The fraction of sp³-hybridized carbons (Fsp3) is 0.455. The van der Waals surface area contributed by atoms with Crippen molar-refractivity contribution in [1.29, 1.82) is 0 Å². The molecule has 0 saturated heterocycles. The zero-order valence-electron chi connectivity index (χ0n) is 18.0. The molecular formula is C22H27N5O4. The lowest BCUT2D eigenvalue weighted by Crippen LogP contribution is -2.52. The fourth-order valence-electron chi connectivity index (χ4n) is 4.05. The number of aryl methyl sites for hydroxylation is 2. The number of rotatable bonds is 8. The minimum Gasteiger partial charge on any atom is -0.493 e. The van der Waals surface area contributed by atoms with Crippen LogP contribution in [0.15, 0.2) is 23.0 Å². The molecule has 3 aromatic rings. The van der Waals surface area contributed by atoms with Gasteiger partial charge in [0, 0.05) is 12.7 Å². The third-order valence-electron chi connectivity index (χ3n) is 5.78.